The lowest BCUT2D eigenvalue weighted by atomic mass is 10.2. The third-order valence-corrected chi connectivity index (χ3v) is 6.85. The number of anilines is 1. The van der Waals surface area contributed by atoms with E-state index in [0.717, 1.165) is 21.4 Å². The van der Waals surface area contributed by atoms with Crippen molar-refractivity contribution < 1.29 is 21.6 Å². The summed E-state index contributed by atoms with van der Waals surface area (Å²) in [6, 6.07) is 8.41. The van der Waals surface area contributed by atoms with Crippen LogP contribution in [0.5, 0.6) is 0 Å². The summed E-state index contributed by atoms with van der Waals surface area (Å²) in [5.41, 5.74) is 0.671. The summed E-state index contributed by atoms with van der Waals surface area (Å²) in [5.74, 6) is 0. The van der Waals surface area contributed by atoms with E-state index in [-0.39, 0.29) is 10.7 Å². The zero-order chi connectivity index (χ0) is 19.7. The van der Waals surface area contributed by atoms with E-state index in [1.807, 2.05) is 0 Å². The van der Waals surface area contributed by atoms with Gasteiger partial charge in [0.25, 0.3) is 10.0 Å². The molecule has 0 unspecified atom stereocenters. The average Bonchev–Trinajstić information content (AvgIpc) is 3.08. The number of hydrogen-bond acceptors (Lipinski definition) is 6. The van der Waals surface area contributed by atoms with Gasteiger partial charge in [-0.1, -0.05) is 34.7 Å². The first-order valence-corrected chi connectivity index (χ1v) is 10.6. The first-order chi connectivity index (χ1) is 12.6. The Labute approximate surface area is 165 Å². The van der Waals surface area contributed by atoms with E-state index in [1.165, 1.54) is 35.2 Å². The summed E-state index contributed by atoms with van der Waals surface area (Å²) >= 11 is 8.50. The molecule has 0 aliphatic heterocycles. The second kappa shape index (κ2) is 7.66. The predicted molar refractivity (Wildman–Crippen MR) is 97.7 cm³/mol. The number of sulfonamides is 1. The number of nitrogens with zero attached hydrogens (tertiary/aromatic N) is 2. The summed E-state index contributed by atoms with van der Waals surface area (Å²) in [4.78, 5) is 0.151. The number of halogens is 4. The Hall–Kier alpha value is -1.82. The molecule has 3 aromatic rings. The molecule has 0 aliphatic carbocycles. The lowest BCUT2D eigenvalue weighted by Crippen LogP contribution is -2.15. The predicted octanol–water partition coefficient (Wildman–Crippen LogP) is 5.16. The number of alkyl halides is 3. The minimum atomic E-state index is -4.68. The van der Waals surface area contributed by atoms with Crippen molar-refractivity contribution in [2.75, 3.05) is 4.72 Å². The summed E-state index contributed by atoms with van der Waals surface area (Å²) in [6.07, 6.45) is -4.68. The monoisotopic (exact) mass is 451 g/mol. The molecule has 27 heavy (non-hydrogen) atoms. The van der Waals surface area contributed by atoms with Crippen molar-refractivity contribution in [3.63, 3.8) is 0 Å². The molecular weight excluding hydrogens is 443 g/mol. The minimum absolute atomic E-state index is 0.185. The van der Waals surface area contributed by atoms with Crippen LogP contribution >= 0.6 is 34.7 Å². The van der Waals surface area contributed by atoms with Crippen LogP contribution in [0, 0.1) is 0 Å². The maximum Gasteiger partial charge on any atom is 0.416 e. The van der Waals surface area contributed by atoms with Crippen LogP contribution in [0.2, 0.25) is 5.02 Å². The second-order valence-electron chi connectivity index (χ2n) is 5.08. The van der Waals surface area contributed by atoms with E-state index in [1.54, 1.807) is 17.6 Å². The average molecular weight is 452 g/mol. The van der Waals surface area contributed by atoms with Gasteiger partial charge < -0.3 is 0 Å². The van der Waals surface area contributed by atoms with Crippen LogP contribution in [0.25, 0.3) is 0 Å². The molecule has 0 spiro atoms. The number of nitrogens with one attached hydrogen (secondary N) is 1. The zero-order valence-electron chi connectivity index (χ0n) is 13.1. The Bertz CT molecular complexity index is 1040. The highest BCUT2D eigenvalue weighted by atomic mass is 35.5. The molecule has 0 saturated heterocycles. The normalized spacial score (nSPS) is 12.1. The molecule has 0 fully saturated rings. The molecular formula is C15H9ClF3N3O2S3. The number of benzene rings is 2. The minimum Gasteiger partial charge on any atom is -0.280 e. The molecule has 0 radical (unpaired) electrons. The van der Waals surface area contributed by atoms with Gasteiger partial charge in [-0.3, -0.25) is 4.72 Å². The SMILES string of the molecule is O=S(=O)(Nc1ccc(Sc2nncs2)cc1)c1cc(C(F)(F)F)ccc1Cl. The molecule has 0 atom stereocenters. The molecule has 2 aromatic carbocycles. The summed E-state index contributed by atoms with van der Waals surface area (Å²) in [7, 11) is -4.30. The van der Waals surface area contributed by atoms with Gasteiger partial charge in [-0.25, -0.2) is 8.42 Å². The topological polar surface area (TPSA) is 72.0 Å². The van der Waals surface area contributed by atoms with Gasteiger partial charge in [0.1, 0.15) is 10.4 Å². The fourth-order valence-corrected chi connectivity index (χ4v) is 5.03. The smallest absolute Gasteiger partial charge is 0.280 e. The molecule has 0 bridgehead atoms. The lowest BCUT2D eigenvalue weighted by Gasteiger charge is -2.13. The third-order valence-electron chi connectivity index (χ3n) is 3.20. The highest BCUT2D eigenvalue weighted by Gasteiger charge is 2.32. The largest absolute Gasteiger partial charge is 0.416 e. The fourth-order valence-electron chi connectivity index (χ4n) is 1.99. The van der Waals surface area contributed by atoms with Gasteiger partial charge in [-0.15, -0.1) is 10.2 Å². The van der Waals surface area contributed by atoms with E-state index in [0.29, 0.717) is 6.07 Å². The zero-order valence-corrected chi connectivity index (χ0v) is 16.3. The van der Waals surface area contributed by atoms with E-state index in [2.05, 4.69) is 14.9 Å². The number of hydrogen-bond donors (Lipinski definition) is 1. The lowest BCUT2D eigenvalue weighted by molar-refractivity contribution is -0.137. The Balaban J connectivity index is 1.82. The van der Waals surface area contributed by atoms with Crippen molar-refractivity contribution in [2.45, 2.75) is 20.3 Å². The van der Waals surface area contributed by atoms with Crippen molar-refractivity contribution in [3.05, 3.63) is 58.6 Å². The van der Waals surface area contributed by atoms with Crippen LogP contribution in [-0.2, 0) is 16.2 Å². The Morgan fingerprint density at radius 3 is 2.41 bits per heavy atom. The molecule has 1 N–H and O–H groups in total. The maximum atomic E-state index is 12.8. The Kier molecular flexibility index (Phi) is 5.65. The number of aromatic nitrogens is 2. The van der Waals surface area contributed by atoms with Crippen molar-refractivity contribution in [3.8, 4) is 0 Å². The van der Waals surface area contributed by atoms with Gasteiger partial charge >= 0.3 is 6.18 Å². The summed E-state index contributed by atoms with van der Waals surface area (Å²) in [5, 5.41) is 7.29. The Morgan fingerprint density at radius 1 is 1.11 bits per heavy atom. The first-order valence-electron chi connectivity index (χ1n) is 7.09. The molecule has 0 saturated carbocycles. The van der Waals surface area contributed by atoms with Crippen LogP contribution in [0.15, 0.2) is 62.1 Å². The second-order valence-corrected chi connectivity index (χ2v) is 9.29. The van der Waals surface area contributed by atoms with E-state index >= 15 is 0 Å². The quantitative estimate of drug-likeness (QED) is 0.580. The number of rotatable bonds is 5. The van der Waals surface area contributed by atoms with Gasteiger partial charge in [-0.05, 0) is 42.5 Å². The molecule has 1 aromatic heterocycles. The Morgan fingerprint density at radius 2 is 1.81 bits per heavy atom. The summed E-state index contributed by atoms with van der Waals surface area (Å²) in [6.45, 7) is 0. The van der Waals surface area contributed by atoms with Gasteiger partial charge in [-0.2, -0.15) is 13.2 Å². The van der Waals surface area contributed by atoms with Crippen LogP contribution in [-0.4, -0.2) is 18.6 Å². The van der Waals surface area contributed by atoms with Gasteiger partial charge in [0, 0.05) is 10.6 Å². The molecule has 0 aliphatic rings. The van der Waals surface area contributed by atoms with E-state index in [9.17, 15) is 21.6 Å². The molecule has 5 nitrogen and oxygen atoms in total. The van der Waals surface area contributed by atoms with Crippen molar-refractivity contribution in [1.82, 2.24) is 10.2 Å². The molecule has 12 heteroatoms. The maximum absolute atomic E-state index is 12.8. The molecule has 0 amide bonds. The van der Waals surface area contributed by atoms with Crippen LogP contribution in [0.1, 0.15) is 5.56 Å². The first kappa shape index (κ1) is 19.9. The van der Waals surface area contributed by atoms with Crippen molar-refractivity contribution in [1.29, 1.82) is 0 Å². The van der Waals surface area contributed by atoms with Crippen LogP contribution in [0.3, 0.4) is 0 Å². The van der Waals surface area contributed by atoms with Gasteiger partial charge in [0.2, 0.25) is 0 Å². The highest BCUT2D eigenvalue weighted by molar-refractivity contribution is 8.01. The van der Waals surface area contributed by atoms with Gasteiger partial charge in [0.15, 0.2) is 4.34 Å². The van der Waals surface area contributed by atoms with Crippen molar-refractivity contribution >= 4 is 50.4 Å². The highest BCUT2D eigenvalue weighted by Crippen LogP contribution is 2.34. The third kappa shape index (κ3) is 4.92. The van der Waals surface area contributed by atoms with E-state index in [4.69, 9.17) is 11.6 Å². The van der Waals surface area contributed by atoms with E-state index < -0.39 is 26.7 Å². The van der Waals surface area contributed by atoms with Crippen LogP contribution < -0.4 is 4.72 Å². The van der Waals surface area contributed by atoms with Crippen LogP contribution in [0.4, 0.5) is 18.9 Å². The molecule has 1 heterocycles. The van der Waals surface area contributed by atoms with Crippen molar-refractivity contribution in [2.24, 2.45) is 0 Å². The van der Waals surface area contributed by atoms with Gasteiger partial charge in [0.05, 0.1) is 10.6 Å². The molecule has 142 valence electrons. The standard InChI is InChI=1S/C15H9ClF3N3O2S3/c16-12-6-1-9(15(17,18)19)7-13(12)27(23,24)22-10-2-4-11(5-3-10)26-14-21-20-8-25-14/h1-8,22H. The summed E-state index contributed by atoms with van der Waals surface area (Å²) < 4.78 is 66.4. The fraction of sp³-hybridized carbons (Fsp3) is 0.0667. The molecule has 3 rings (SSSR count).